The van der Waals surface area contributed by atoms with E-state index >= 15 is 0 Å². The molecular weight excluding hydrogens is 388 g/mol. The van der Waals surface area contributed by atoms with Crippen LogP contribution < -0.4 is 14.8 Å². The number of methoxy groups -OCH3 is 1. The van der Waals surface area contributed by atoms with Crippen molar-refractivity contribution in [2.75, 3.05) is 19.0 Å². The monoisotopic (exact) mass is 408 g/mol. The molecule has 7 nitrogen and oxygen atoms in total. The average molecular weight is 408 g/mol. The summed E-state index contributed by atoms with van der Waals surface area (Å²) >= 11 is 1.48. The van der Waals surface area contributed by atoms with E-state index in [4.69, 9.17) is 9.47 Å². The minimum Gasteiger partial charge on any atom is -0.497 e. The van der Waals surface area contributed by atoms with Crippen molar-refractivity contribution >= 4 is 33.3 Å². The van der Waals surface area contributed by atoms with E-state index in [-0.39, 0.29) is 12.3 Å². The molecule has 0 aliphatic rings. The van der Waals surface area contributed by atoms with E-state index in [1.165, 1.54) is 11.3 Å². The molecule has 2 aromatic carbocycles. The molecule has 0 unspecified atom stereocenters. The molecule has 0 atom stereocenters. The first-order valence-electron chi connectivity index (χ1n) is 9.12. The lowest BCUT2D eigenvalue weighted by Crippen LogP contribution is -2.17. The molecule has 4 aromatic rings. The van der Waals surface area contributed by atoms with Crippen LogP contribution in [0.1, 0.15) is 12.1 Å². The van der Waals surface area contributed by atoms with E-state index in [0.717, 1.165) is 27.4 Å². The quantitative estimate of drug-likeness (QED) is 0.496. The van der Waals surface area contributed by atoms with Crippen LogP contribution in [0.4, 0.5) is 5.82 Å². The lowest BCUT2D eigenvalue weighted by atomic mass is 10.3. The molecule has 8 heteroatoms. The molecule has 2 aromatic heterocycles. The maximum atomic E-state index is 12.4. The van der Waals surface area contributed by atoms with E-state index < -0.39 is 0 Å². The van der Waals surface area contributed by atoms with Gasteiger partial charge in [-0.3, -0.25) is 4.79 Å². The van der Waals surface area contributed by atoms with Gasteiger partial charge >= 0.3 is 0 Å². The third-order valence-corrected chi connectivity index (χ3v) is 5.20. The predicted octanol–water partition coefficient (Wildman–Crippen LogP) is 4.21. The van der Waals surface area contributed by atoms with Gasteiger partial charge in [-0.25, -0.2) is 4.98 Å². The number of benzene rings is 2. The van der Waals surface area contributed by atoms with Gasteiger partial charge in [-0.1, -0.05) is 29.5 Å². The lowest BCUT2D eigenvalue weighted by molar-refractivity contribution is -0.116. The second-order valence-electron chi connectivity index (χ2n) is 6.37. The van der Waals surface area contributed by atoms with E-state index in [0.29, 0.717) is 17.6 Å². The van der Waals surface area contributed by atoms with E-state index in [2.05, 4.69) is 15.4 Å². The van der Waals surface area contributed by atoms with Crippen LogP contribution in [-0.2, 0) is 4.79 Å². The second-order valence-corrected chi connectivity index (χ2v) is 7.38. The number of fused-ring (bicyclic) bond motifs is 1. The smallest absolute Gasteiger partial charge is 0.228 e. The zero-order valence-electron chi connectivity index (χ0n) is 16.1. The number of anilines is 1. The van der Waals surface area contributed by atoms with Crippen molar-refractivity contribution in [2.45, 2.75) is 13.3 Å². The molecule has 148 valence electrons. The molecule has 0 radical (unpaired) electrons. The van der Waals surface area contributed by atoms with E-state index in [1.54, 1.807) is 11.8 Å². The SMILES string of the molecule is COc1ccc2nc(-n3nc(C)cc3NC(=O)CCOc3ccccc3)sc2c1. The van der Waals surface area contributed by atoms with Crippen LogP contribution in [0.3, 0.4) is 0 Å². The highest BCUT2D eigenvalue weighted by Gasteiger charge is 2.15. The number of hydrogen-bond donors (Lipinski definition) is 1. The number of nitrogens with one attached hydrogen (secondary N) is 1. The number of rotatable bonds is 7. The van der Waals surface area contributed by atoms with Gasteiger partial charge in [0.15, 0.2) is 0 Å². The standard InChI is InChI=1S/C21H20N4O3S/c1-14-12-19(23-20(26)10-11-28-15-6-4-3-5-7-15)25(24-14)21-22-17-9-8-16(27-2)13-18(17)29-21/h3-9,12-13H,10-11H2,1-2H3,(H,23,26). The summed E-state index contributed by atoms with van der Waals surface area (Å²) in [4.78, 5) is 17.0. The number of aryl methyl sites for hydroxylation is 1. The first kappa shape index (κ1) is 18.9. The van der Waals surface area contributed by atoms with Crippen molar-refractivity contribution < 1.29 is 14.3 Å². The fourth-order valence-corrected chi connectivity index (χ4v) is 3.79. The Balaban J connectivity index is 1.47. The van der Waals surface area contributed by atoms with Gasteiger partial charge in [0.1, 0.15) is 17.3 Å². The van der Waals surface area contributed by atoms with Crippen molar-refractivity contribution in [3.63, 3.8) is 0 Å². The minimum atomic E-state index is -0.148. The molecule has 0 saturated carbocycles. The third-order valence-electron chi connectivity index (χ3n) is 4.21. The molecule has 2 heterocycles. The number of ether oxygens (including phenoxy) is 2. The van der Waals surface area contributed by atoms with Gasteiger partial charge in [0.25, 0.3) is 0 Å². The Morgan fingerprint density at radius 3 is 2.76 bits per heavy atom. The summed E-state index contributed by atoms with van der Waals surface area (Å²) in [5.41, 5.74) is 1.64. The van der Waals surface area contributed by atoms with Gasteiger partial charge in [-0.05, 0) is 37.3 Å². The fourth-order valence-electron chi connectivity index (χ4n) is 2.83. The van der Waals surface area contributed by atoms with Crippen LogP contribution in [0.5, 0.6) is 11.5 Å². The minimum absolute atomic E-state index is 0.148. The Bertz CT molecular complexity index is 1140. The number of carbonyl (C=O) groups is 1. The number of hydrogen-bond acceptors (Lipinski definition) is 6. The van der Waals surface area contributed by atoms with Crippen molar-refractivity contribution in [1.82, 2.24) is 14.8 Å². The second kappa shape index (κ2) is 8.32. The van der Waals surface area contributed by atoms with Gasteiger partial charge < -0.3 is 14.8 Å². The summed E-state index contributed by atoms with van der Waals surface area (Å²) in [6.07, 6.45) is 0.232. The van der Waals surface area contributed by atoms with Gasteiger partial charge in [-0.15, -0.1) is 0 Å². The molecule has 0 saturated heterocycles. The zero-order chi connectivity index (χ0) is 20.2. The molecule has 0 fully saturated rings. The van der Waals surface area contributed by atoms with Crippen molar-refractivity contribution in [2.24, 2.45) is 0 Å². The van der Waals surface area contributed by atoms with Crippen LogP contribution >= 0.6 is 11.3 Å². The molecule has 0 spiro atoms. The fraction of sp³-hybridized carbons (Fsp3) is 0.190. The molecule has 0 bridgehead atoms. The largest absolute Gasteiger partial charge is 0.497 e. The summed E-state index contributed by atoms with van der Waals surface area (Å²) in [6, 6.07) is 17.0. The molecule has 0 aliphatic heterocycles. The average Bonchev–Trinajstić information content (AvgIpc) is 3.30. The van der Waals surface area contributed by atoms with Gasteiger partial charge in [0.05, 0.1) is 36.0 Å². The van der Waals surface area contributed by atoms with Crippen LogP contribution in [0.15, 0.2) is 54.6 Å². The van der Waals surface area contributed by atoms with Crippen LogP contribution in [-0.4, -0.2) is 34.4 Å². The summed E-state index contributed by atoms with van der Waals surface area (Å²) in [5, 5.41) is 8.07. The molecule has 29 heavy (non-hydrogen) atoms. The first-order valence-corrected chi connectivity index (χ1v) is 9.93. The van der Waals surface area contributed by atoms with Gasteiger partial charge in [0, 0.05) is 6.07 Å². The predicted molar refractivity (Wildman–Crippen MR) is 113 cm³/mol. The zero-order valence-corrected chi connectivity index (χ0v) is 16.9. The first-order chi connectivity index (χ1) is 14.1. The third kappa shape index (κ3) is 4.38. The number of aromatic nitrogens is 3. The molecule has 1 amide bonds. The van der Waals surface area contributed by atoms with E-state index in [1.807, 2.05) is 61.5 Å². The molecule has 0 aliphatic carbocycles. The van der Waals surface area contributed by atoms with Crippen LogP contribution in [0, 0.1) is 6.92 Å². The maximum Gasteiger partial charge on any atom is 0.228 e. The van der Waals surface area contributed by atoms with Gasteiger partial charge in [-0.2, -0.15) is 9.78 Å². The van der Waals surface area contributed by atoms with Crippen molar-refractivity contribution in [3.8, 4) is 16.6 Å². The highest BCUT2D eigenvalue weighted by molar-refractivity contribution is 7.20. The molecule has 1 N–H and O–H groups in total. The number of para-hydroxylation sites is 1. The molecular formula is C21H20N4O3S. The normalized spacial score (nSPS) is 10.8. The Morgan fingerprint density at radius 1 is 1.14 bits per heavy atom. The summed E-state index contributed by atoms with van der Waals surface area (Å²) in [6.45, 7) is 2.17. The van der Waals surface area contributed by atoms with Crippen molar-refractivity contribution in [1.29, 1.82) is 0 Å². The summed E-state index contributed by atoms with van der Waals surface area (Å²) in [5.74, 6) is 1.95. The Hall–Kier alpha value is -3.39. The van der Waals surface area contributed by atoms with Gasteiger partial charge in [0.2, 0.25) is 11.0 Å². The van der Waals surface area contributed by atoms with Crippen molar-refractivity contribution in [3.05, 3.63) is 60.3 Å². The Morgan fingerprint density at radius 2 is 1.97 bits per heavy atom. The summed E-state index contributed by atoms with van der Waals surface area (Å²) < 4.78 is 13.5. The number of amides is 1. The maximum absolute atomic E-state index is 12.4. The Kier molecular flexibility index (Phi) is 5.44. The van der Waals surface area contributed by atoms with Crippen LogP contribution in [0.2, 0.25) is 0 Å². The highest BCUT2D eigenvalue weighted by Crippen LogP contribution is 2.30. The van der Waals surface area contributed by atoms with Crippen LogP contribution in [0.25, 0.3) is 15.3 Å². The lowest BCUT2D eigenvalue weighted by Gasteiger charge is -2.08. The summed E-state index contributed by atoms with van der Waals surface area (Å²) in [7, 11) is 1.63. The highest BCUT2D eigenvalue weighted by atomic mass is 32.1. The van der Waals surface area contributed by atoms with E-state index in [9.17, 15) is 4.79 Å². The number of carbonyl (C=O) groups excluding carboxylic acids is 1. The number of thiazole rings is 1. The Labute approximate surface area is 171 Å². The number of nitrogens with zero attached hydrogens (tertiary/aromatic N) is 3. The topological polar surface area (TPSA) is 78.3 Å². The molecule has 4 rings (SSSR count).